The van der Waals surface area contributed by atoms with Crippen LogP contribution in [0.15, 0.2) is 53.6 Å². The quantitative estimate of drug-likeness (QED) is 0.408. The van der Waals surface area contributed by atoms with Gasteiger partial charge in [0.25, 0.3) is 0 Å². The van der Waals surface area contributed by atoms with E-state index in [2.05, 4.69) is 22.0 Å². The summed E-state index contributed by atoms with van der Waals surface area (Å²) in [5.74, 6) is -0.428. The zero-order chi connectivity index (χ0) is 24.1. The summed E-state index contributed by atoms with van der Waals surface area (Å²) in [5.41, 5.74) is 2.31. The highest BCUT2D eigenvalue weighted by molar-refractivity contribution is 5.96. The molecule has 0 saturated heterocycles. The minimum Gasteiger partial charge on any atom is -0.350 e. The van der Waals surface area contributed by atoms with Crippen LogP contribution >= 0.6 is 0 Å². The van der Waals surface area contributed by atoms with Crippen LogP contribution in [0.3, 0.4) is 0 Å². The van der Waals surface area contributed by atoms with E-state index in [-0.39, 0.29) is 5.82 Å². The number of benzene rings is 2. The van der Waals surface area contributed by atoms with Crippen molar-refractivity contribution in [3.8, 4) is 17.1 Å². The molecular weight excluding hydrogens is 438 g/mol. The van der Waals surface area contributed by atoms with Gasteiger partial charge in [0.1, 0.15) is 11.6 Å². The summed E-state index contributed by atoms with van der Waals surface area (Å²) in [6.45, 7) is 2.84. The molecule has 0 bridgehead atoms. The van der Waals surface area contributed by atoms with Crippen LogP contribution in [0.2, 0.25) is 0 Å². The molecular formula is C25H26F2N6O. The Balaban J connectivity index is 1.71. The van der Waals surface area contributed by atoms with Crippen LogP contribution in [0.5, 0.6) is 0 Å². The average molecular weight is 465 g/mol. The van der Waals surface area contributed by atoms with Crippen LogP contribution in [0.25, 0.3) is 38.9 Å². The van der Waals surface area contributed by atoms with Crippen LogP contribution in [0.4, 0.5) is 8.78 Å². The highest BCUT2D eigenvalue weighted by Crippen LogP contribution is 2.33. The molecule has 0 fully saturated rings. The van der Waals surface area contributed by atoms with Crippen molar-refractivity contribution in [1.29, 1.82) is 0 Å². The second kappa shape index (κ2) is 8.25. The van der Waals surface area contributed by atoms with E-state index in [4.69, 9.17) is 0 Å². The van der Waals surface area contributed by atoms with Crippen LogP contribution in [0.1, 0.15) is 13.3 Å². The lowest BCUT2D eigenvalue weighted by Gasteiger charge is -2.20. The highest BCUT2D eigenvalue weighted by atomic mass is 19.1. The molecule has 0 saturated carbocycles. The first kappa shape index (κ1) is 22.1. The largest absolute Gasteiger partial charge is 0.350 e. The number of hydrogen-bond donors (Lipinski definition) is 1. The number of nitrogens with one attached hydrogen (secondary N) is 1. The van der Waals surface area contributed by atoms with E-state index >= 15 is 0 Å². The van der Waals surface area contributed by atoms with Crippen molar-refractivity contribution < 1.29 is 8.78 Å². The Labute approximate surface area is 194 Å². The Bertz CT molecular complexity index is 1570. The molecule has 0 amide bonds. The molecule has 0 spiro atoms. The van der Waals surface area contributed by atoms with Crippen molar-refractivity contribution in [2.75, 3.05) is 14.1 Å². The Hall–Kier alpha value is -3.72. The van der Waals surface area contributed by atoms with Crippen LogP contribution in [0, 0.1) is 11.6 Å². The lowest BCUT2D eigenvalue weighted by atomic mass is 10.1. The summed E-state index contributed by atoms with van der Waals surface area (Å²) in [7, 11) is 5.92. The zero-order valence-electron chi connectivity index (χ0n) is 19.5. The number of nitrogens with zero attached hydrogens (tertiary/aromatic N) is 5. The zero-order valence-corrected chi connectivity index (χ0v) is 19.5. The van der Waals surface area contributed by atoms with Crippen LogP contribution < -0.4 is 5.69 Å². The third kappa shape index (κ3) is 3.62. The number of halogens is 2. The molecule has 5 aromatic rings. The summed E-state index contributed by atoms with van der Waals surface area (Å²) in [6, 6.07) is 9.45. The van der Waals surface area contributed by atoms with E-state index in [1.54, 1.807) is 12.1 Å². The third-order valence-corrected chi connectivity index (χ3v) is 6.60. The molecule has 1 unspecified atom stereocenters. The van der Waals surface area contributed by atoms with Crippen molar-refractivity contribution in [3.05, 3.63) is 70.9 Å². The maximum Gasteiger partial charge on any atom is 0.348 e. The van der Waals surface area contributed by atoms with Crippen molar-refractivity contribution in [2.24, 2.45) is 7.05 Å². The van der Waals surface area contributed by atoms with E-state index in [0.29, 0.717) is 40.4 Å². The number of aryl methyl sites for hydroxylation is 2. The molecule has 34 heavy (non-hydrogen) atoms. The van der Waals surface area contributed by atoms with E-state index in [9.17, 15) is 13.6 Å². The molecule has 0 aliphatic carbocycles. The first-order valence-electron chi connectivity index (χ1n) is 11.1. The number of hydrogen-bond acceptors (Lipinski definition) is 3. The van der Waals surface area contributed by atoms with E-state index in [0.717, 1.165) is 17.5 Å². The molecule has 176 valence electrons. The third-order valence-electron chi connectivity index (χ3n) is 6.60. The standard InChI is InChI=1S/C25H26F2N6O/c1-15(30(2)3)9-10-32-14-23(19-12-17(27)6-8-22(19)32)33-24(28-29-25(33)34)20-13-31(4)21-7-5-16(26)11-18(20)21/h5-8,11-15H,9-10H2,1-4H3,(H,29,34). The van der Waals surface area contributed by atoms with Crippen LogP contribution in [-0.2, 0) is 13.6 Å². The summed E-state index contributed by atoms with van der Waals surface area (Å²) >= 11 is 0. The van der Waals surface area contributed by atoms with Crippen molar-refractivity contribution in [3.63, 3.8) is 0 Å². The lowest BCUT2D eigenvalue weighted by Crippen LogP contribution is -2.25. The Morgan fingerprint density at radius 1 is 1.03 bits per heavy atom. The van der Waals surface area contributed by atoms with Gasteiger partial charge >= 0.3 is 5.69 Å². The van der Waals surface area contributed by atoms with Gasteiger partial charge in [-0.15, -0.1) is 0 Å². The second-order valence-electron chi connectivity index (χ2n) is 8.97. The minimum atomic E-state index is -0.451. The summed E-state index contributed by atoms with van der Waals surface area (Å²) in [5, 5.41) is 8.03. The van der Waals surface area contributed by atoms with Gasteiger partial charge in [-0.05, 0) is 63.8 Å². The maximum absolute atomic E-state index is 14.3. The van der Waals surface area contributed by atoms with Crippen LogP contribution in [-0.4, -0.2) is 48.9 Å². The van der Waals surface area contributed by atoms with Gasteiger partial charge in [0.05, 0.1) is 11.2 Å². The second-order valence-corrected chi connectivity index (χ2v) is 8.97. The molecule has 7 nitrogen and oxygen atoms in total. The number of fused-ring (bicyclic) bond motifs is 2. The molecule has 3 heterocycles. The minimum absolute atomic E-state index is 0.339. The molecule has 3 aromatic heterocycles. The van der Waals surface area contributed by atoms with Gasteiger partial charge in [0.15, 0.2) is 5.82 Å². The summed E-state index contributed by atoms with van der Waals surface area (Å²) in [4.78, 5) is 15.1. The number of aromatic amines is 1. The van der Waals surface area contributed by atoms with Gasteiger partial charge in [0, 0.05) is 53.9 Å². The Morgan fingerprint density at radius 3 is 2.41 bits per heavy atom. The SMILES string of the molecule is CC(CCn1cc(-n2c(-c3cn(C)c4ccc(F)cc34)n[nH]c2=O)c2cc(F)ccc21)N(C)C. The van der Waals surface area contributed by atoms with Gasteiger partial charge in [-0.1, -0.05) is 0 Å². The molecule has 1 N–H and O–H groups in total. The fourth-order valence-electron chi connectivity index (χ4n) is 4.44. The number of H-pyrrole nitrogens is 1. The van der Waals surface area contributed by atoms with E-state index in [1.165, 1.54) is 28.8 Å². The molecule has 0 radical (unpaired) electrons. The lowest BCUT2D eigenvalue weighted by molar-refractivity contribution is 0.289. The van der Waals surface area contributed by atoms with Gasteiger partial charge in [-0.3, -0.25) is 0 Å². The maximum atomic E-state index is 14.3. The Morgan fingerprint density at radius 2 is 1.71 bits per heavy atom. The van der Waals surface area contributed by atoms with Gasteiger partial charge < -0.3 is 14.0 Å². The monoisotopic (exact) mass is 464 g/mol. The fourth-order valence-corrected chi connectivity index (χ4v) is 4.44. The predicted molar refractivity (Wildman–Crippen MR) is 129 cm³/mol. The van der Waals surface area contributed by atoms with Gasteiger partial charge in [-0.2, -0.15) is 5.10 Å². The first-order chi connectivity index (χ1) is 16.2. The summed E-state index contributed by atoms with van der Waals surface area (Å²) in [6.07, 6.45) is 4.55. The van der Waals surface area contributed by atoms with E-state index < -0.39 is 11.5 Å². The van der Waals surface area contributed by atoms with Gasteiger partial charge in [-0.25, -0.2) is 23.2 Å². The highest BCUT2D eigenvalue weighted by Gasteiger charge is 2.21. The molecule has 1 atom stereocenters. The first-order valence-corrected chi connectivity index (χ1v) is 11.1. The smallest absolute Gasteiger partial charge is 0.348 e. The molecule has 9 heteroatoms. The van der Waals surface area contributed by atoms with E-state index in [1.807, 2.05) is 42.7 Å². The molecule has 2 aromatic carbocycles. The van der Waals surface area contributed by atoms with Crippen molar-refractivity contribution in [1.82, 2.24) is 28.8 Å². The van der Waals surface area contributed by atoms with Crippen molar-refractivity contribution in [2.45, 2.75) is 25.9 Å². The fraction of sp³-hybridized carbons (Fsp3) is 0.280. The Kier molecular flexibility index (Phi) is 5.36. The normalized spacial score (nSPS) is 12.9. The number of rotatable bonds is 6. The number of aromatic nitrogens is 5. The molecule has 0 aliphatic heterocycles. The average Bonchev–Trinajstić information content (AvgIpc) is 3.44. The van der Waals surface area contributed by atoms with Crippen molar-refractivity contribution >= 4 is 21.8 Å². The van der Waals surface area contributed by atoms with Gasteiger partial charge in [0.2, 0.25) is 0 Å². The summed E-state index contributed by atoms with van der Waals surface area (Å²) < 4.78 is 33.7. The topological polar surface area (TPSA) is 63.8 Å². The molecule has 5 rings (SSSR count). The molecule has 0 aliphatic rings. The predicted octanol–water partition coefficient (Wildman–Crippen LogP) is 4.29.